The summed E-state index contributed by atoms with van der Waals surface area (Å²) in [7, 11) is 0. The number of esters is 1. The van der Waals surface area contributed by atoms with Gasteiger partial charge in [0, 0.05) is 29.6 Å². The van der Waals surface area contributed by atoms with Crippen LogP contribution in [0, 0.1) is 27.4 Å². The van der Waals surface area contributed by atoms with E-state index in [1.807, 2.05) is 6.07 Å². The van der Waals surface area contributed by atoms with E-state index in [4.69, 9.17) is 10.00 Å². The lowest BCUT2D eigenvalue weighted by Crippen LogP contribution is -2.53. The monoisotopic (exact) mass is 440 g/mol. The summed E-state index contributed by atoms with van der Waals surface area (Å²) >= 11 is 0. The molecule has 1 aliphatic rings. The second kappa shape index (κ2) is 10.7. The summed E-state index contributed by atoms with van der Waals surface area (Å²) in [6.07, 6.45) is 4.95. The van der Waals surface area contributed by atoms with Crippen LogP contribution in [0.5, 0.6) is 0 Å². The number of hydrogen-bond donors (Lipinski definition) is 1. The second-order valence-corrected chi connectivity index (χ2v) is 7.76. The van der Waals surface area contributed by atoms with E-state index < -0.39 is 28.1 Å². The first-order chi connectivity index (χ1) is 15.2. The second-order valence-electron chi connectivity index (χ2n) is 7.76. The van der Waals surface area contributed by atoms with Crippen molar-refractivity contribution in [3.8, 4) is 6.07 Å². The van der Waals surface area contributed by atoms with Crippen LogP contribution < -0.4 is 5.32 Å². The Kier molecular flexibility index (Phi) is 8.24. The van der Waals surface area contributed by atoms with Gasteiger partial charge in [-0.15, -0.1) is 0 Å². The minimum atomic E-state index is -1.65. The molecule has 9 nitrogen and oxygen atoms in total. The zero-order valence-corrected chi connectivity index (χ0v) is 18.8. The maximum Gasteiger partial charge on any atom is 0.321 e. The molecule has 1 amide bonds. The lowest BCUT2D eigenvalue weighted by molar-refractivity contribution is -0.423. The molecule has 0 saturated carbocycles. The van der Waals surface area contributed by atoms with Crippen LogP contribution in [-0.4, -0.2) is 34.4 Å². The van der Waals surface area contributed by atoms with Gasteiger partial charge in [0.1, 0.15) is 12.0 Å². The number of carbonyl (C=O) groups excluding carboxylic acids is 2. The highest BCUT2D eigenvalue weighted by molar-refractivity contribution is 5.97. The minimum absolute atomic E-state index is 0.0152. The summed E-state index contributed by atoms with van der Waals surface area (Å²) in [5.74, 6) is -2.46. The average Bonchev–Trinajstić information content (AvgIpc) is 2.77. The predicted octanol–water partition coefficient (Wildman–Crippen LogP) is 3.21. The van der Waals surface area contributed by atoms with Crippen LogP contribution in [0.2, 0.25) is 0 Å². The third-order valence-electron chi connectivity index (χ3n) is 5.38. The summed E-state index contributed by atoms with van der Waals surface area (Å²) in [5.41, 5.74) is -0.790. The number of amides is 1. The standard InChI is InChI=1S/C23H28N4O5/c1-5-16-13-23(17-9-7-11-25-14-17,22(29)32-12-8-10-24)19(21(28)26-15(3)4)18(6-2)20(16)27(30)31/h7,9,11,13-15,19H,5-6,8,12H2,1-4H3,(H,26,28). The molecule has 1 heterocycles. The van der Waals surface area contributed by atoms with Crippen LogP contribution in [0.4, 0.5) is 0 Å². The first-order valence-electron chi connectivity index (χ1n) is 10.6. The lowest BCUT2D eigenvalue weighted by Gasteiger charge is -2.40. The van der Waals surface area contributed by atoms with Gasteiger partial charge < -0.3 is 10.1 Å². The molecule has 2 rings (SSSR count). The van der Waals surface area contributed by atoms with Gasteiger partial charge in [0.05, 0.1) is 23.3 Å². The van der Waals surface area contributed by atoms with Gasteiger partial charge in [-0.1, -0.05) is 26.0 Å². The van der Waals surface area contributed by atoms with E-state index in [2.05, 4.69) is 10.3 Å². The molecule has 0 radical (unpaired) electrons. The summed E-state index contributed by atoms with van der Waals surface area (Å²) < 4.78 is 5.44. The Morgan fingerprint density at radius 2 is 2.09 bits per heavy atom. The lowest BCUT2D eigenvalue weighted by atomic mass is 9.62. The summed E-state index contributed by atoms with van der Waals surface area (Å²) in [6, 6.07) is 4.95. The van der Waals surface area contributed by atoms with Crippen LogP contribution >= 0.6 is 0 Å². The average molecular weight is 441 g/mol. The topological polar surface area (TPSA) is 135 Å². The third-order valence-corrected chi connectivity index (χ3v) is 5.38. The van der Waals surface area contributed by atoms with Gasteiger partial charge in [-0.25, -0.2) is 0 Å². The summed E-state index contributed by atoms with van der Waals surface area (Å²) in [5, 5.41) is 23.7. The third kappa shape index (κ3) is 4.69. The molecule has 0 bridgehead atoms. The molecular formula is C23H28N4O5. The van der Waals surface area contributed by atoms with E-state index in [1.54, 1.807) is 39.8 Å². The van der Waals surface area contributed by atoms with Crippen molar-refractivity contribution in [1.82, 2.24) is 10.3 Å². The Hall–Kier alpha value is -3.54. The molecular weight excluding hydrogens is 412 g/mol. The minimum Gasteiger partial charge on any atom is -0.464 e. The Labute approximate surface area is 187 Å². The molecule has 2 unspecified atom stereocenters. The number of rotatable bonds is 9. The summed E-state index contributed by atoms with van der Waals surface area (Å²) in [6.45, 7) is 6.87. The highest BCUT2D eigenvalue weighted by Gasteiger charge is 2.56. The SMILES string of the molecule is CCC1=CC(C(=O)OCCC#N)(c2cccnc2)C(C(=O)NC(C)C)C(CC)=C1[N+](=O)[O-]. The van der Waals surface area contributed by atoms with Gasteiger partial charge >= 0.3 is 5.97 Å². The van der Waals surface area contributed by atoms with Crippen LogP contribution in [0.15, 0.2) is 47.4 Å². The number of carbonyl (C=O) groups is 2. The maximum absolute atomic E-state index is 13.6. The van der Waals surface area contributed by atoms with Gasteiger partial charge in [0.25, 0.3) is 5.70 Å². The van der Waals surface area contributed by atoms with Gasteiger partial charge in [-0.2, -0.15) is 5.26 Å². The van der Waals surface area contributed by atoms with E-state index in [9.17, 15) is 19.7 Å². The Bertz CT molecular complexity index is 978. The van der Waals surface area contributed by atoms with Crippen molar-refractivity contribution in [3.63, 3.8) is 0 Å². The smallest absolute Gasteiger partial charge is 0.321 e. The zero-order chi connectivity index (χ0) is 23.9. The molecule has 32 heavy (non-hydrogen) atoms. The molecule has 0 spiro atoms. The van der Waals surface area contributed by atoms with Gasteiger partial charge in [0.15, 0.2) is 0 Å². The van der Waals surface area contributed by atoms with E-state index in [-0.39, 0.29) is 43.2 Å². The van der Waals surface area contributed by atoms with E-state index in [0.29, 0.717) is 11.1 Å². The van der Waals surface area contributed by atoms with Crippen LogP contribution in [0.1, 0.15) is 52.5 Å². The molecule has 1 aromatic heterocycles. The fraction of sp³-hybridized carbons (Fsp3) is 0.478. The first-order valence-corrected chi connectivity index (χ1v) is 10.6. The quantitative estimate of drug-likeness (QED) is 0.269. The van der Waals surface area contributed by atoms with Crippen molar-refractivity contribution in [1.29, 1.82) is 5.26 Å². The number of nitro groups is 1. The van der Waals surface area contributed by atoms with Crippen molar-refractivity contribution in [2.24, 2.45) is 5.92 Å². The number of hydrogen-bond acceptors (Lipinski definition) is 7. The zero-order valence-electron chi connectivity index (χ0n) is 18.8. The van der Waals surface area contributed by atoms with Crippen molar-refractivity contribution < 1.29 is 19.2 Å². The largest absolute Gasteiger partial charge is 0.464 e. The van der Waals surface area contributed by atoms with Gasteiger partial charge in [-0.3, -0.25) is 24.7 Å². The number of nitrogens with one attached hydrogen (secondary N) is 1. The highest BCUT2D eigenvalue weighted by Crippen LogP contribution is 2.48. The van der Waals surface area contributed by atoms with E-state index in [0.717, 1.165) is 0 Å². The highest BCUT2D eigenvalue weighted by atomic mass is 16.6. The van der Waals surface area contributed by atoms with Crippen molar-refractivity contribution in [2.75, 3.05) is 6.61 Å². The maximum atomic E-state index is 13.6. The Balaban J connectivity index is 2.89. The molecule has 0 fully saturated rings. The number of nitriles is 1. The molecule has 1 aliphatic carbocycles. The predicted molar refractivity (Wildman–Crippen MR) is 117 cm³/mol. The normalized spacial score (nSPS) is 20.4. The molecule has 2 atom stereocenters. The molecule has 1 aromatic rings. The molecule has 170 valence electrons. The van der Waals surface area contributed by atoms with Crippen LogP contribution in [0.25, 0.3) is 0 Å². The summed E-state index contributed by atoms with van der Waals surface area (Å²) in [4.78, 5) is 42.8. The number of ether oxygens (including phenoxy) is 1. The number of aromatic nitrogens is 1. The molecule has 1 N–H and O–H groups in total. The van der Waals surface area contributed by atoms with Crippen LogP contribution in [-0.2, 0) is 19.7 Å². The molecule has 0 saturated heterocycles. The molecule has 0 aromatic carbocycles. The van der Waals surface area contributed by atoms with E-state index >= 15 is 0 Å². The van der Waals surface area contributed by atoms with Gasteiger partial charge in [0.2, 0.25) is 5.91 Å². The molecule has 0 aliphatic heterocycles. The first kappa shape index (κ1) is 24.7. The Morgan fingerprint density at radius 1 is 1.38 bits per heavy atom. The van der Waals surface area contributed by atoms with Crippen molar-refractivity contribution >= 4 is 11.9 Å². The number of pyridine rings is 1. The Morgan fingerprint density at radius 3 is 2.59 bits per heavy atom. The number of nitrogens with zero attached hydrogens (tertiary/aromatic N) is 3. The van der Waals surface area contributed by atoms with Crippen LogP contribution in [0.3, 0.4) is 0 Å². The fourth-order valence-electron chi connectivity index (χ4n) is 4.11. The number of allylic oxidation sites excluding steroid dienone is 1. The van der Waals surface area contributed by atoms with Gasteiger partial charge in [-0.05, 0) is 38.3 Å². The van der Waals surface area contributed by atoms with Crippen molar-refractivity contribution in [2.45, 2.75) is 58.4 Å². The van der Waals surface area contributed by atoms with Crippen molar-refractivity contribution in [3.05, 3.63) is 63.1 Å². The van der Waals surface area contributed by atoms with E-state index in [1.165, 1.54) is 18.5 Å². The molecule has 9 heteroatoms. The fourth-order valence-corrected chi connectivity index (χ4v) is 4.11.